The highest BCUT2D eigenvalue weighted by atomic mass is 19.1. The Morgan fingerprint density at radius 1 is 1.07 bits per heavy atom. The van der Waals surface area contributed by atoms with Crippen molar-refractivity contribution >= 4 is 0 Å². The van der Waals surface area contributed by atoms with Crippen molar-refractivity contribution in [2.75, 3.05) is 0 Å². The number of aryl methyl sites for hydroxylation is 1. The molecule has 3 heteroatoms. The van der Waals surface area contributed by atoms with Crippen molar-refractivity contribution in [3.63, 3.8) is 0 Å². The zero-order valence-electron chi connectivity index (χ0n) is 8.17. The van der Waals surface area contributed by atoms with Gasteiger partial charge in [0, 0.05) is 17.8 Å². The summed E-state index contributed by atoms with van der Waals surface area (Å²) in [6, 6.07) is 7.20. The van der Waals surface area contributed by atoms with E-state index < -0.39 is 0 Å². The minimum Gasteiger partial charge on any atom is -0.256 e. The first-order valence-electron chi connectivity index (χ1n) is 4.55. The van der Waals surface area contributed by atoms with Crippen LogP contribution in [0.25, 0.3) is 11.3 Å². The van der Waals surface area contributed by atoms with Crippen LogP contribution in [0.4, 0.5) is 8.78 Å². The Hall–Kier alpha value is -1.77. The number of benzene rings is 1. The van der Waals surface area contributed by atoms with Gasteiger partial charge in [-0.1, -0.05) is 0 Å². The summed E-state index contributed by atoms with van der Waals surface area (Å²) in [4.78, 5) is 4.02. The second-order valence-corrected chi connectivity index (χ2v) is 3.32. The highest BCUT2D eigenvalue weighted by molar-refractivity contribution is 5.59. The van der Waals surface area contributed by atoms with Crippen molar-refractivity contribution in [1.29, 1.82) is 0 Å². The number of hydrogen-bond acceptors (Lipinski definition) is 1. The van der Waals surface area contributed by atoms with Crippen molar-refractivity contribution in [2.24, 2.45) is 0 Å². The van der Waals surface area contributed by atoms with E-state index in [9.17, 15) is 8.78 Å². The lowest BCUT2D eigenvalue weighted by atomic mass is 10.1. The lowest BCUT2D eigenvalue weighted by Gasteiger charge is -2.02. The molecule has 2 aromatic rings. The fourth-order valence-corrected chi connectivity index (χ4v) is 1.37. The lowest BCUT2D eigenvalue weighted by molar-refractivity contribution is 0.618. The Balaban J connectivity index is 2.50. The summed E-state index contributed by atoms with van der Waals surface area (Å²) in [6.07, 6.45) is 1.39. The van der Waals surface area contributed by atoms with E-state index in [4.69, 9.17) is 0 Å². The van der Waals surface area contributed by atoms with Gasteiger partial charge in [0.15, 0.2) is 0 Å². The van der Waals surface area contributed by atoms with E-state index in [1.54, 1.807) is 19.1 Å². The van der Waals surface area contributed by atoms with Crippen molar-refractivity contribution < 1.29 is 8.78 Å². The van der Waals surface area contributed by atoms with Gasteiger partial charge < -0.3 is 0 Å². The minimum absolute atomic E-state index is 0.268. The predicted octanol–water partition coefficient (Wildman–Crippen LogP) is 3.34. The first-order valence-corrected chi connectivity index (χ1v) is 4.55. The third-order valence-corrected chi connectivity index (χ3v) is 2.18. The molecule has 0 saturated carbocycles. The van der Waals surface area contributed by atoms with Crippen LogP contribution in [0.3, 0.4) is 0 Å². The molecular weight excluding hydrogens is 196 g/mol. The third-order valence-electron chi connectivity index (χ3n) is 2.18. The molecule has 1 nitrogen and oxygen atoms in total. The number of hydrogen-bond donors (Lipinski definition) is 0. The second-order valence-electron chi connectivity index (χ2n) is 3.32. The predicted molar refractivity (Wildman–Crippen MR) is 54.3 cm³/mol. The van der Waals surface area contributed by atoms with Crippen LogP contribution in [0.15, 0.2) is 36.5 Å². The Morgan fingerprint density at radius 3 is 2.53 bits per heavy atom. The molecular formula is C12H9F2N. The van der Waals surface area contributed by atoms with Crippen molar-refractivity contribution in [3.05, 3.63) is 53.7 Å². The molecule has 1 aromatic carbocycles. The summed E-state index contributed by atoms with van der Waals surface area (Å²) in [5, 5.41) is 0. The molecule has 15 heavy (non-hydrogen) atoms. The highest BCUT2D eigenvalue weighted by Gasteiger charge is 2.03. The number of rotatable bonds is 1. The summed E-state index contributed by atoms with van der Waals surface area (Å²) in [7, 11) is 0. The van der Waals surface area contributed by atoms with Crippen LogP contribution >= 0.6 is 0 Å². The van der Waals surface area contributed by atoms with Gasteiger partial charge >= 0.3 is 0 Å². The van der Waals surface area contributed by atoms with Crippen LogP contribution in [-0.2, 0) is 0 Å². The van der Waals surface area contributed by atoms with Crippen molar-refractivity contribution in [1.82, 2.24) is 4.98 Å². The van der Waals surface area contributed by atoms with Gasteiger partial charge in [-0.2, -0.15) is 0 Å². The maximum atomic E-state index is 13.0. The van der Waals surface area contributed by atoms with Gasteiger partial charge in [-0.05, 0) is 36.8 Å². The molecule has 0 aliphatic heterocycles. The fourth-order valence-electron chi connectivity index (χ4n) is 1.37. The molecule has 0 saturated heterocycles. The Morgan fingerprint density at radius 2 is 1.87 bits per heavy atom. The Bertz CT molecular complexity index is 495. The molecule has 0 unspecified atom stereocenters. The van der Waals surface area contributed by atoms with Crippen LogP contribution in [0, 0.1) is 18.6 Å². The van der Waals surface area contributed by atoms with Gasteiger partial charge in [-0.15, -0.1) is 0 Å². The van der Waals surface area contributed by atoms with Gasteiger partial charge in [0.25, 0.3) is 0 Å². The summed E-state index contributed by atoms with van der Waals surface area (Å²) in [5.74, 6) is -0.614. The topological polar surface area (TPSA) is 12.9 Å². The zero-order chi connectivity index (χ0) is 10.8. The Labute approximate surface area is 86.4 Å². The van der Waals surface area contributed by atoms with Crippen LogP contribution < -0.4 is 0 Å². The maximum Gasteiger partial charge on any atom is 0.126 e. The fraction of sp³-hybridized carbons (Fsp3) is 0.0833. The molecule has 0 atom stereocenters. The maximum absolute atomic E-state index is 13.0. The smallest absolute Gasteiger partial charge is 0.126 e. The first-order chi connectivity index (χ1) is 7.16. The van der Waals surface area contributed by atoms with Crippen LogP contribution in [0.1, 0.15) is 5.56 Å². The lowest BCUT2D eigenvalue weighted by Crippen LogP contribution is -1.87. The standard InChI is InChI=1S/C12H9F2N/c1-8-6-9(2-3-11(8)14)12-7-10(13)4-5-15-12/h2-7H,1H3. The molecule has 0 spiro atoms. The monoisotopic (exact) mass is 205 g/mol. The summed E-state index contributed by atoms with van der Waals surface area (Å²) >= 11 is 0. The largest absolute Gasteiger partial charge is 0.256 e. The number of pyridine rings is 1. The van der Waals surface area contributed by atoms with Gasteiger partial charge in [-0.25, -0.2) is 8.78 Å². The first kappa shape index (κ1) is 9.77. The average Bonchev–Trinajstić information content (AvgIpc) is 2.22. The quantitative estimate of drug-likeness (QED) is 0.695. The zero-order valence-corrected chi connectivity index (χ0v) is 8.17. The summed E-state index contributed by atoms with van der Waals surface area (Å²) < 4.78 is 25.9. The normalized spacial score (nSPS) is 10.3. The summed E-state index contributed by atoms with van der Waals surface area (Å²) in [5.41, 5.74) is 1.75. The highest BCUT2D eigenvalue weighted by Crippen LogP contribution is 2.20. The molecule has 2 rings (SSSR count). The van der Waals surface area contributed by atoms with Crippen molar-refractivity contribution in [3.8, 4) is 11.3 Å². The third kappa shape index (κ3) is 2.01. The number of aromatic nitrogens is 1. The van der Waals surface area contributed by atoms with Gasteiger partial charge in [0.05, 0.1) is 5.69 Å². The molecule has 0 aliphatic carbocycles. The SMILES string of the molecule is Cc1cc(-c2cc(F)ccn2)ccc1F. The molecule has 0 aliphatic rings. The van der Waals surface area contributed by atoms with Gasteiger partial charge in [-0.3, -0.25) is 4.98 Å². The summed E-state index contributed by atoms with van der Waals surface area (Å²) in [6.45, 7) is 1.66. The molecule has 76 valence electrons. The van der Waals surface area contributed by atoms with E-state index in [1.165, 1.54) is 24.4 Å². The molecule has 0 amide bonds. The number of nitrogens with zero attached hydrogens (tertiary/aromatic N) is 1. The van der Waals surface area contributed by atoms with E-state index in [-0.39, 0.29) is 11.6 Å². The molecule has 0 bridgehead atoms. The van der Waals surface area contributed by atoms with E-state index in [1.807, 2.05) is 0 Å². The average molecular weight is 205 g/mol. The second kappa shape index (κ2) is 3.77. The Kier molecular flexibility index (Phi) is 2.46. The van der Waals surface area contributed by atoms with E-state index >= 15 is 0 Å². The molecule has 0 fully saturated rings. The minimum atomic E-state index is -0.345. The van der Waals surface area contributed by atoms with E-state index in [0.717, 1.165) is 0 Å². The van der Waals surface area contributed by atoms with E-state index in [0.29, 0.717) is 16.8 Å². The van der Waals surface area contributed by atoms with Crippen LogP contribution in [0.2, 0.25) is 0 Å². The number of halogens is 2. The van der Waals surface area contributed by atoms with Gasteiger partial charge in [0.2, 0.25) is 0 Å². The molecule has 0 N–H and O–H groups in total. The van der Waals surface area contributed by atoms with Gasteiger partial charge in [0.1, 0.15) is 11.6 Å². The molecule has 1 heterocycles. The van der Waals surface area contributed by atoms with Crippen LogP contribution in [-0.4, -0.2) is 4.98 Å². The molecule has 1 aromatic heterocycles. The van der Waals surface area contributed by atoms with Crippen LogP contribution in [0.5, 0.6) is 0 Å². The van der Waals surface area contributed by atoms with E-state index in [2.05, 4.69) is 4.98 Å². The van der Waals surface area contributed by atoms with Crippen molar-refractivity contribution in [2.45, 2.75) is 6.92 Å². The molecule has 0 radical (unpaired) electrons.